The summed E-state index contributed by atoms with van der Waals surface area (Å²) < 4.78 is 7.24. The highest BCUT2D eigenvalue weighted by atomic mass is 15.0. The maximum atomic E-state index is 2.44. The molecule has 3 heterocycles. The van der Waals surface area contributed by atoms with Gasteiger partial charge in [0.2, 0.25) is 0 Å². The minimum absolute atomic E-state index is 1.14. The van der Waals surface area contributed by atoms with Crippen LogP contribution in [0.4, 0.5) is 0 Å². The molecule has 0 aliphatic carbocycles. The highest BCUT2D eigenvalue weighted by molar-refractivity contribution is 6.14. The first-order valence-corrected chi connectivity index (χ1v) is 18.9. The van der Waals surface area contributed by atoms with Gasteiger partial charge < -0.3 is 13.7 Å². The minimum Gasteiger partial charge on any atom is -0.309 e. The summed E-state index contributed by atoms with van der Waals surface area (Å²) in [4.78, 5) is 0. The maximum Gasteiger partial charge on any atom is 0.0561 e. The second-order valence-electron chi connectivity index (χ2n) is 14.6. The third kappa shape index (κ3) is 4.44. The highest BCUT2D eigenvalue weighted by Gasteiger charge is 2.18. The molecule has 0 saturated carbocycles. The quantitative estimate of drug-likeness (QED) is 0.174. The molecule has 0 aliphatic heterocycles. The Labute approximate surface area is 317 Å². The van der Waals surface area contributed by atoms with Crippen molar-refractivity contribution in [2.45, 2.75) is 0 Å². The molecule has 3 aromatic heterocycles. The summed E-state index contributed by atoms with van der Waals surface area (Å²) in [5.41, 5.74) is 13.1. The zero-order valence-electron chi connectivity index (χ0n) is 29.9. The summed E-state index contributed by atoms with van der Waals surface area (Å²) in [6.45, 7) is 0. The molecule has 0 aliphatic rings. The van der Waals surface area contributed by atoms with Crippen LogP contribution in [0.1, 0.15) is 0 Å². The molecular formula is C52H33N3. The fourth-order valence-corrected chi connectivity index (χ4v) is 9.13. The largest absolute Gasteiger partial charge is 0.309 e. The van der Waals surface area contributed by atoms with Crippen LogP contribution in [0.25, 0.3) is 104 Å². The molecule has 0 bridgehead atoms. The van der Waals surface area contributed by atoms with Crippen molar-refractivity contribution in [3.63, 3.8) is 0 Å². The number of para-hydroxylation sites is 4. The zero-order chi connectivity index (χ0) is 36.0. The van der Waals surface area contributed by atoms with Crippen molar-refractivity contribution in [2.24, 2.45) is 0 Å². The van der Waals surface area contributed by atoms with E-state index in [1.54, 1.807) is 0 Å². The van der Waals surface area contributed by atoms with E-state index < -0.39 is 0 Å². The summed E-state index contributed by atoms with van der Waals surface area (Å²) in [5, 5.41) is 10.0. The van der Waals surface area contributed by atoms with Gasteiger partial charge in [-0.2, -0.15) is 0 Å². The molecule has 0 radical (unpaired) electrons. The molecule has 3 nitrogen and oxygen atoms in total. The van der Waals surface area contributed by atoms with Crippen molar-refractivity contribution in [2.75, 3.05) is 0 Å². The van der Waals surface area contributed by atoms with Gasteiger partial charge in [-0.15, -0.1) is 0 Å². The first-order valence-electron chi connectivity index (χ1n) is 18.9. The van der Waals surface area contributed by atoms with Gasteiger partial charge >= 0.3 is 0 Å². The fraction of sp³-hybridized carbons (Fsp3) is 0. The Balaban J connectivity index is 1.05. The van der Waals surface area contributed by atoms with Gasteiger partial charge in [-0.3, -0.25) is 0 Å². The first-order chi connectivity index (χ1) is 27.3. The molecule has 12 aromatic rings. The third-order valence-electron chi connectivity index (χ3n) is 11.6. The van der Waals surface area contributed by atoms with Gasteiger partial charge in [0.15, 0.2) is 0 Å². The molecule has 0 atom stereocenters. The first kappa shape index (κ1) is 30.1. The lowest BCUT2D eigenvalue weighted by Gasteiger charge is -2.12. The number of hydrogen-bond donors (Lipinski definition) is 0. The average Bonchev–Trinajstić information content (AvgIpc) is 3.88. The van der Waals surface area contributed by atoms with Crippen LogP contribution in [0.3, 0.4) is 0 Å². The predicted octanol–water partition coefficient (Wildman–Crippen LogP) is 13.8. The number of nitrogens with zero attached hydrogens (tertiary/aromatic N) is 3. The Kier molecular flexibility index (Phi) is 6.34. The lowest BCUT2D eigenvalue weighted by atomic mass is 10.0. The number of hydrogen-bond acceptors (Lipinski definition) is 0. The van der Waals surface area contributed by atoms with Gasteiger partial charge in [0, 0.05) is 49.4 Å². The molecular weight excluding hydrogens is 667 g/mol. The summed E-state index contributed by atoms with van der Waals surface area (Å²) in [7, 11) is 0. The van der Waals surface area contributed by atoms with Gasteiger partial charge in [-0.25, -0.2) is 0 Å². The highest BCUT2D eigenvalue weighted by Crippen LogP contribution is 2.40. The predicted molar refractivity (Wildman–Crippen MR) is 232 cm³/mol. The van der Waals surface area contributed by atoms with E-state index in [1.807, 2.05) is 0 Å². The van der Waals surface area contributed by atoms with E-state index in [2.05, 4.69) is 214 Å². The second-order valence-corrected chi connectivity index (χ2v) is 14.6. The monoisotopic (exact) mass is 699 g/mol. The molecule has 0 spiro atoms. The molecule has 0 unspecified atom stereocenters. The topological polar surface area (TPSA) is 14.8 Å². The fourth-order valence-electron chi connectivity index (χ4n) is 9.13. The van der Waals surface area contributed by atoms with Crippen LogP contribution >= 0.6 is 0 Å². The van der Waals surface area contributed by atoms with Crippen LogP contribution in [0, 0.1) is 0 Å². The normalized spacial score (nSPS) is 12.0. The van der Waals surface area contributed by atoms with Gasteiger partial charge in [0.05, 0.1) is 33.1 Å². The van der Waals surface area contributed by atoms with Crippen LogP contribution in [-0.2, 0) is 0 Å². The van der Waals surface area contributed by atoms with Crippen molar-refractivity contribution in [1.29, 1.82) is 0 Å². The Bertz CT molecular complexity index is 3490. The summed E-state index contributed by atoms with van der Waals surface area (Å²) in [5.74, 6) is 0. The van der Waals surface area contributed by atoms with Gasteiger partial charge in [-0.1, -0.05) is 121 Å². The van der Waals surface area contributed by atoms with E-state index in [-0.39, 0.29) is 0 Å². The van der Waals surface area contributed by atoms with Gasteiger partial charge in [0.25, 0.3) is 0 Å². The molecule has 9 aromatic carbocycles. The minimum atomic E-state index is 1.14. The molecule has 12 rings (SSSR count). The standard InChI is InChI=1S/C52H33N3/c1-2-14-38(15-3-1)53-48-20-10-7-17-42(48)45-31-36(23-28-50(45)53)37-24-29-51-46(32-37)43-18-8-11-21-49(43)54(51)40-26-27-44-41-16-6-9-19-47(41)55(52(44)33-40)39-25-22-34-12-4-5-13-35(34)30-39/h1-33H. The molecule has 256 valence electrons. The average molecular weight is 700 g/mol. The lowest BCUT2D eigenvalue weighted by Crippen LogP contribution is -1.97. The van der Waals surface area contributed by atoms with Crippen LogP contribution in [0.15, 0.2) is 200 Å². The van der Waals surface area contributed by atoms with Crippen molar-refractivity contribution in [3.05, 3.63) is 200 Å². The molecule has 3 heteroatoms. The van der Waals surface area contributed by atoms with E-state index in [0.29, 0.717) is 0 Å². The van der Waals surface area contributed by atoms with Crippen LogP contribution in [0.2, 0.25) is 0 Å². The van der Waals surface area contributed by atoms with Gasteiger partial charge in [0.1, 0.15) is 0 Å². The summed E-state index contributed by atoms with van der Waals surface area (Å²) >= 11 is 0. The smallest absolute Gasteiger partial charge is 0.0561 e. The number of benzene rings is 9. The van der Waals surface area contributed by atoms with E-state index in [1.165, 1.54) is 93.0 Å². The zero-order valence-corrected chi connectivity index (χ0v) is 29.9. The van der Waals surface area contributed by atoms with Crippen LogP contribution in [0.5, 0.6) is 0 Å². The number of aromatic nitrogens is 3. The van der Waals surface area contributed by atoms with Crippen LogP contribution < -0.4 is 0 Å². The number of fused-ring (bicyclic) bond motifs is 10. The third-order valence-corrected chi connectivity index (χ3v) is 11.6. The molecule has 0 fully saturated rings. The Morgan fingerprint density at radius 3 is 1.29 bits per heavy atom. The molecule has 0 N–H and O–H groups in total. The Morgan fingerprint density at radius 2 is 0.655 bits per heavy atom. The maximum absolute atomic E-state index is 2.44. The van der Waals surface area contributed by atoms with E-state index in [0.717, 1.165) is 11.4 Å². The van der Waals surface area contributed by atoms with Crippen molar-refractivity contribution < 1.29 is 0 Å². The van der Waals surface area contributed by atoms with Crippen molar-refractivity contribution in [3.8, 4) is 28.2 Å². The Morgan fingerprint density at radius 1 is 0.218 bits per heavy atom. The Hall–Kier alpha value is -7.36. The SMILES string of the molecule is c1ccc(-n2c3ccccc3c3cc(-c4ccc5c(c4)c4ccccc4n5-c4ccc5c6ccccc6n(-c6ccc7ccccc7c6)c5c4)ccc32)cc1. The summed E-state index contributed by atoms with van der Waals surface area (Å²) in [6, 6.07) is 73.3. The molecule has 0 saturated heterocycles. The second kappa shape index (κ2) is 11.6. The van der Waals surface area contributed by atoms with Gasteiger partial charge in [-0.05, 0) is 101 Å². The van der Waals surface area contributed by atoms with E-state index >= 15 is 0 Å². The molecule has 55 heavy (non-hydrogen) atoms. The van der Waals surface area contributed by atoms with E-state index in [9.17, 15) is 0 Å². The lowest BCUT2D eigenvalue weighted by molar-refractivity contribution is 1.16. The van der Waals surface area contributed by atoms with Crippen molar-refractivity contribution >= 4 is 76.2 Å². The summed E-state index contributed by atoms with van der Waals surface area (Å²) in [6.07, 6.45) is 0. The van der Waals surface area contributed by atoms with Crippen LogP contribution in [-0.4, -0.2) is 13.7 Å². The molecule has 0 amide bonds. The van der Waals surface area contributed by atoms with Crippen molar-refractivity contribution in [1.82, 2.24) is 13.7 Å². The van der Waals surface area contributed by atoms with E-state index in [4.69, 9.17) is 0 Å². The number of rotatable bonds is 4.